The van der Waals surface area contributed by atoms with Crippen LogP contribution >= 0.6 is 7.60 Å². The number of allylic oxidation sites excluding steroid dienone is 3. The smallest absolute Gasteiger partial charge is 0.329 e. The Kier molecular flexibility index (Phi) is 5.33. The highest BCUT2D eigenvalue weighted by Gasteiger charge is 2.39. The molecule has 3 aliphatic rings. The van der Waals surface area contributed by atoms with Crippen molar-refractivity contribution in [3.8, 4) is 0 Å². The largest absolute Gasteiger partial charge is 0.496 e. The molecule has 27 heavy (non-hydrogen) atoms. The van der Waals surface area contributed by atoms with Gasteiger partial charge in [-0.1, -0.05) is 35.8 Å². The third-order valence-corrected chi connectivity index (χ3v) is 7.22. The van der Waals surface area contributed by atoms with Gasteiger partial charge >= 0.3 is 7.60 Å². The minimum atomic E-state index is -4.08. The van der Waals surface area contributed by atoms with E-state index in [9.17, 15) is 14.4 Å². The molecule has 1 aromatic rings. The topological polar surface area (TPSA) is 66.8 Å². The van der Waals surface area contributed by atoms with Gasteiger partial charge in [0.05, 0.1) is 13.3 Å². The lowest BCUT2D eigenvalue weighted by Crippen LogP contribution is -2.30. The van der Waals surface area contributed by atoms with Gasteiger partial charge < -0.3 is 14.5 Å². The first-order chi connectivity index (χ1) is 13.0. The van der Waals surface area contributed by atoms with E-state index in [4.69, 9.17) is 4.74 Å². The van der Waals surface area contributed by atoms with E-state index < -0.39 is 7.60 Å². The standard InChI is InChI=1S/C22H29O4P/c1-26-22(18-9-4-6-15(12-18)14-27(23,24)25)21-17-8-5-11-20(21)19-10-3-2-7-16(19)13-17/h4,6,9,12,17,20H,2-3,5,7-8,10-11,13-14H2,1H3,(H2,23,24,25)/b22-21+. The molecule has 1 fully saturated rings. The van der Waals surface area contributed by atoms with Crippen LogP contribution in [0.25, 0.3) is 5.76 Å². The summed E-state index contributed by atoms with van der Waals surface area (Å²) in [4.78, 5) is 18.7. The summed E-state index contributed by atoms with van der Waals surface area (Å²) in [6.45, 7) is 0. The zero-order chi connectivity index (χ0) is 19.0. The number of fused-ring (bicyclic) bond motifs is 3. The van der Waals surface area contributed by atoms with Gasteiger partial charge in [0.25, 0.3) is 0 Å². The van der Waals surface area contributed by atoms with Crippen molar-refractivity contribution in [1.82, 2.24) is 0 Å². The Morgan fingerprint density at radius 2 is 2.00 bits per heavy atom. The van der Waals surface area contributed by atoms with Crippen molar-refractivity contribution in [3.05, 3.63) is 52.1 Å². The quantitative estimate of drug-likeness (QED) is 0.411. The summed E-state index contributed by atoms with van der Waals surface area (Å²) in [5.74, 6) is 2.00. The highest BCUT2D eigenvalue weighted by atomic mass is 31.2. The van der Waals surface area contributed by atoms with Crippen molar-refractivity contribution < 1.29 is 19.1 Å². The molecule has 2 unspecified atom stereocenters. The molecular weight excluding hydrogens is 359 g/mol. The number of benzene rings is 1. The van der Waals surface area contributed by atoms with Crippen molar-refractivity contribution in [1.29, 1.82) is 0 Å². The summed E-state index contributed by atoms with van der Waals surface area (Å²) in [7, 11) is -2.35. The lowest BCUT2D eigenvalue weighted by Gasteiger charge is -2.43. The fraction of sp³-hybridized carbons (Fsp3) is 0.545. The molecule has 2 bridgehead atoms. The Labute approximate surface area is 161 Å². The molecule has 4 nitrogen and oxygen atoms in total. The molecular formula is C22H29O4P. The lowest BCUT2D eigenvalue weighted by atomic mass is 9.62. The van der Waals surface area contributed by atoms with E-state index in [0.29, 0.717) is 17.4 Å². The number of ether oxygens (including phenoxy) is 1. The van der Waals surface area contributed by atoms with Crippen LogP contribution in [-0.4, -0.2) is 16.9 Å². The maximum absolute atomic E-state index is 11.4. The molecule has 2 atom stereocenters. The SMILES string of the molecule is CO/C(=C1\C2CCCC1C1=C(CCCC1)C2)c1cccc(CP(=O)(O)O)c1. The molecule has 4 rings (SSSR count). The van der Waals surface area contributed by atoms with E-state index in [-0.39, 0.29) is 6.16 Å². The molecule has 0 heterocycles. The van der Waals surface area contributed by atoms with Gasteiger partial charge in [0.2, 0.25) is 0 Å². The predicted molar refractivity (Wildman–Crippen MR) is 107 cm³/mol. The number of methoxy groups -OCH3 is 1. The predicted octanol–water partition coefficient (Wildman–Crippen LogP) is 5.41. The first-order valence-corrected chi connectivity index (χ1v) is 11.9. The molecule has 0 aliphatic heterocycles. The molecule has 0 radical (unpaired) electrons. The normalized spacial score (nSPS) is 27.2. The van der Waals surface area contributed by atoms with E-state index in [0.717, 1.165) is 11.3 Å². The van der Waals surface area contributed by atoms with Gasteiger partial charge in [0, 0.05) is 11.5 Å². The van der Waals surface area contributed by atoms with Gasteiger partial charge in [-0.15, -0.1) is 0 Å². The minimum Gasteiger partial charge on any atom is -0.496 e. The number of hydrogen-bond donors (Lipinski definition) is 2. The Balaban J connectivity index is 1.77. The van der Waals surface area contributed by atoms with Crippen LogP contribution in [0.15, 0.2) is 41.0 Å². The van der Waals surface area contributed by atoms with Crippen LogP contribution in [0.5, 0.6) is 0 Å². The molecule has 0 amide bonds. The second-order valence-electron chi connectivity index (χ2n) is 8.23. The Morgan fingerprint density at radius 3 is 2.78 bits per heavy atom. The van der Waals surface area contributed by atoms with Gasteiger partial charge in [0.1, 0.15) is 5.76 Å². The molecule has 146 valence electrons. The maximum Gasteiger partial charge on any atom is 0.329 e. The van der Waals surface area contributed by atoms with Crippen molar-refractivity contribution in [2.24, 2.45) is 11.8 Å². The van der Waals surface area contributed by atoms with E-state index >= 15 is 0 Å². The van der Waals surface area contributed by atoms with Crippen molar-refractivity contribution >= 4 is 13.4 Å². The summed E-state index contributed by atoms with van der Waals surface area (Å²) in [6, 6.07) is 7.56. The Bertz CT molecular complexity index is 832. The van der Waals surface area contributed by atoms with Gasteiger partial charge in [-0.2, -0.15) is 0 Å². The summed E-state index contributed by atoms with van der Waals surface area (Å²) in [5, 5.41) is 0. The number of rotatable bonds is 4. The third-order valence-electron chi connectivity index (χ3n) is 6.45. The van der Waals surface area contributed by atoms with Gasteiger partial charge in [-0.25, -0.2) is 0 Å². The fourth-order valence-electron chi connectivity index (χ4n) is 5.48. The number of hydrogen-bond acceptors (Lipinski definition) is 2. The maximum atomic E-state index is 11.4. The van der Waals surface area contributed by atoms with E-state index in [1.165, 1.54) is 56.9 Å². The molecule has 1 saturated carbocycles. The van der Waals surface area contributed by atoms with Gasteiger partial charge in [-0.3, -0.25) is 4.57 Å². The third kappa shape index (κ3) is 3.94. The second-order valence-corrected chi connectivity index (χ2v) is 9.88. The van der Waals surface area contributed by atoms with Gasteiger partial charge in [-0.05, 0) is 68.1 Å². The van der Waals surface area contributed by atoms with Crippen LogP contribution in [0, 0.1) is 11.8 Å². The molecule has 0 aromatic heterocycles. The lowest BCUT2D eigenvalue weighted by molar-refractivity contribution is 0.311. The van der Waals surface area contributed by atoms with Crippen LogP contribution in [0.2, 0.25) is 0 Å². The second kappa shape index (κ2) is 7.58. The first-order valence-electron chi connectivity index (χ1n) is 10.1. The summed E-state index contributed by atoms with van der Waals surface area (Å²) in [6.07, 6.45) is 9.79. The van der Waals surface area contributed by atoms with Crippen molar-refractivity contribution in [3.63, 3.8) is 0 Å². The molecule has 2 N–H and O–H groups in total. The Morgan fingerprint density at radius 1 is 1.19 bits per heavy atom. The van der Waals surface area contributed by atoms with E-state index in [1.54, 1.807) is 24.3 Å². The van der Waals surface area contributed by atoms with Crippen LogP contribution in [0.4, 0.5) is 0 Å². The van der Waals surface area contributed by atoms with Crippen LogP contribution in [0.1, 0.15) is 62.5 Å². The summed E-state index contributed by atoms with van der Waals surface area (Å²) < 4.78 is 17.4. The molecule has 0 spiro atoms. The molecule has 1 aromatic carbocycles. The Hall–Kier alpha value is -1.35. The van der Waals surface area contributed by atoms with E-state index in [2.05, 4.69) is 0 Å². The molecule has 3 aliphatic carbocycles. The monoisotopic (exact) mass is 388 g/mol. The molecule has 0 saturated heterocycles. The van der Waals surface area contributed by atoms with Crippen LogP contribution in [0.3, 0.4) is 0 Å². The highest BCUT2D eigenvalue weighted by molar-refractivity contribution is 7.50. The van der Waals surface area contributed by atoms with Crippen molar-refractivity contribution in [2.45, 2.75) is 57.5 Å². The van der Waals surface area contributed by atoms with Crippen LogP contribution < -0.4 is 0 Å². The minimum absolute atomic E-state index is 0.227. The fourth-order valence-corrected chi connectivity index (χ4v) is 6.15. The molecule has 5 heteroatoms. The van der Waals surface area contributed by atoms with Crippen LogP contribution in [-0.2, 0) is 15.5 Å². The first kappa shape index (κ1) is 19.0. The van der Waals surface area contributed by atoms with E-state index in [1.807, 2.05) is 18.2 Å². The summed E-state index contributed by atoms with van der Waals surface area (Å²) >= 11 is 0. The zero-order valence-electron chi connectivity index (χ0n) is 16.0. The highest BCUT2D eigenvalue weighted by Crippen LogP contribution is 2.53. The van der Waals surface area contributed by atoms with Gasteiger partial charge in [0.15, 0.2) is 0 Å². The summed E-state index contributed by atoms with van der Waals surface area (Å²) in [5.41, 5.74) is 6.45. The average molecular weight is 388 g/mol. The van der Waals surface area contributed by atoms with Crippen molar-refractivity contribution in [2.75, 3.05) is 7.11 Å². The zero-order valence-corrected chi connectivity index (χ0v) is 16.9. The average Bonchev–Trinajstić information content (AvgIpc) is 2.61.